The highest BCUT2D eigenvalue weighted by Crippen LogP contribution is 2.30. The van der Waals surface area contributed by atoms with Gasteiger partial charge in [0.15, 0.2) is 0 Å². The van der Waals surface area contributed by atoms with Gasteiger partial charge in [-0.3, -0.25) is 14.7 Å². The largest absolute Gasteiger partial charge is 0.369 e. The number of H-pyrrole nitrogens is 1. The summed E-state index contributed by atoms with van der Waals surface area (Å²) in [6, 6.07) is 0. The second-order valence-electron chi connectivity index (χ2n) is 4.81. The Labute approximate surface area is 99.2 Å². The number of primary amides is 1. The van der Waals surface area contributed by atoms with Crippen LogP contribution in [-0.2, 0) is 4.79 Å². The molecule has 1 saturated heterocycles. The monoisotopic (exact) mass is 236 g/mol. The highest BCUT2D eigenvalue weighted by atomic mass is 16.2. The maximum absolute atomic E-state index is 12.2. The molecule has 0 saturated carbocycles. The van der Waals surface area contributed by atoms with Gasteiger partial charge < -0.3 is 10.6 Å². The number of nitrogens with two attached hydrogens (primary N) is 1. The Morgan fingerprint density at radius 1 is 1.59 bits per heavy atom. The van der Waals surface area contributed by atoms with Gasteiger partial charge in [0.2, 0.25) is 5.91 Å². The summed E-state index contributed by atoms with van der Waals surface area (Å²) >= 11 is 0. The predicted molar refractivity (Wildman–Crippen MR) is 61.1 cm³/mol. The van der Waals surface area contributed by atoms with Crippen LogP contribution in [0, 0.1) is 12.3 Å². The molecule has 1 aliphatic rings. The predicted octanol–water partition coefficient (Wildman–Crippen LogP) is 0.0556. The third-order valence-corrected chi connectivity index (χ3v) is 3.42. The Morgan fingerprint density at radius 3 is 2.76 bits per heavy atom. The van der Waals surface area contributed by atoms with Gasteiger partial charge in [-0.05, 0) is 20.3 Å². The fourth-order valence-electron chi connectivity index (χ4n) is 2.07. The second-order valence-corrected chi connectivity index (χ2v) is 4.81. The molecule has 1 aromatic rings. The Morgan fingerprint density at radius 2 is 2.29 bits per heavy atom. The third-order valence-electron chi connectivity index (χ3n) is 3.42. The summed E-state index contributed by atoms with van der Waals surface area (Å²) in [4.78, 5) is 25.1. The van der Waals surface area contributed by atoms with Gasteiger partial charge in [-0.15, -0.1) is 0 Å². The molecule has 6 heteroatoms. The molecule has 2 amide bonds. The number of hydrogen-bond acceptors (Lipinski definition) is 3. The Bertz CT molecular complexity index is 468. The van der Waals surface area contributed by atoms with E-state index in [9.17, 15) is 9.59 Å². The molecule has 3 N–H and O–H groups in total. The van der Waals surface area contributed by atoms with Gasteiger partial charge in [-0.2, -0.15) is 5.10 Å². The molecule has 0 bridgehead atoms. The first-order valence-electron chi connectivity index (χ1n) is 5.53. The lowest BCUT2D eigenvalue weighted by molar-refractivity contribution is -0.126. The zero-order valence-electron chi connectivity index (χ0n) is 9.99. The SMILES string of the molecule is Cc1[nH]ncc1C(=O)N1CCC(C)(C(N)=O)C1. The molecule has 0 radical (unpaired) electrons. The molecule has 0 spiro atoms. The number of rotatable bonds is 2. The minimum absolute atomic E-state index is 0.0961. The summed E-state index contributed by atoms with van der Waals surface area (Å²) in [7, 11) is 0. The lowest BCUT2D eigenvalue weighted by Crippen LogP contribution is -2.38. The smallest absolute Gasteiger partial charge is 0.257 e. The minimum Gasteiger partial charge on any atom is -0.369 e. The summed E-state index contributed by atoms with van der Waals surface area (Å²) in [6.45, 7) is 4.53. The minimum atomic E-state index is -0.604. The van der Waals surface area contributed by atoms with E-state index in [1.807, 2.05) is 0 Å². The van der Waals surface area contributed by atoms with Crippen molar-refractivity contribution in [1.82, 2.24) is 15.1 Å². The van der Waals surface area contributed by atoms with E-state index in [1.54, 1.807) is 18.7 Å². The van der Waals surface area contributed by atoms with E-state index in [0.29, 0.717) is 25.1 Å². The number of hydrogen-bond donors (Lipinski definition) is 2. The number of aryl methyl sites for hydroxylation is 1. The highest BCUT2D eigenvalue weighted by molar-refractivity contribution is 5.96. The topological polar surface area (TPSA) is 92.1 Å². The van der Waals surface area contributed by atoms with Gasteiger partial charge in [0.1, 0.15) is 0 Å². The van der Waals surface area contributed by atoms with Crippen LogP contribution in [0.2, 0.25) is 0 Å². The van der Waals surface area contributed by atoms with E-state index >= 15 is 0 Å². The molecule has 1 aromatic heterocycles. The van der Waals surface area contributed by atoms with Gasteiger partial charge in [0.05, 0.1) is 17.2 Å². The summed E-state index contributed by atoms with van der Waals surface area (Å²) in [5.74, 6) is -0.446. The zero-order valence-corrected chi connectivity index (χ0v) is 9.99. The number of carbonyl (C=O) groups is 2. The van der Waals surface area contributed by atoms with Gasteiger partial charge in [-0.25, -0.2) is 0 Å². The quantitative estimate of drug-likeness (QED) is 0.760. The first-order valence-corrected chi connectivity index (χ1v) is 5.53. The number of amides is 2. The van der Waals surface area contributed by atoms with E-state index in [0.717, 1.165) is 5.69 Å². The van der Waals surface area contributed by atoms with Crippen molar-refractivity contribution in [3.63, 3.8) is 0 Å². The van der Waals surface area contributed by atoms with Gasteiger partial charge in [0, 0.05) is 18.8 Å². The number of likely N-dealkylation sites (tertiary alicyclic amines) is 1. The van der Waals surface area contributed by atoms with Crippen LogP contribution in [0.4, 0.5) is 0 Å². The number of nitrogens with zero attached hydrogens (tertiary/aromatic N) is 2. The van der Waals surface area contributed by atoms with Crippen molar-refractivity contribution >= 4 is 11.8 Å². The van der Waals surface area contributed by atoms with Crippen LogP contribution in [0.15, 0.2) is 6.20 Å². The molecule has 1 atom stereocenters. The maximum atomic E-state index is 12.2. The molecule has 6 nitrogen and oxygen atoms in total. The molecular weight excluding hydrogens is 220 g/mol. The Balaban J connectivity index is 2.15. The van der Waals surface area contributed by atoms with Crippen LogP contribution in [0.1, 0.15) is 29.4 Å². The average Bonchev–Trinajstić information content (AvgIpc) is 2.85. The summed E-state index contributed by atoms with van der Waals surface area (Å²) in [5.41, 5.74) is 6.04. The summed E-state index contributed by atoms with van der Waals surface area (Å²) in [5, 5.41) is 6.55. The van der Waals surface area contributed by atoms with Gasteiger partial charge >= 0.3 is 0 Å². The van der Waals surface area contributed by atoms with Crippen molar-refractivity contribution in [2.24, 2.45) is 11.1 Å². The van der Waals surface area contributed by atoms with E-state index in [1.165, 1.54) is 6.20 Å². The van der Waals surface area contributed by atoms with Crippen molar-refractivity contribution in [3.8, 4) is 0 Å². The molecule has 92 valence electrons. The lowest BCUT2D eigenvalue weighted by atomic mass is 9.89. The first-order chi connectivity index (χ1) is 7.94. The van der Waals surface area contributed by atoms with Crippen LogP contribution >= 0.6 is 0 Å². The molecular formula is C11H16N4O2. The number of nitrogens with one attached hydrogen (secondary N) is 1. The van der Waals surface area contributed by atoms with Crippen molar-refractivity contribution in [3.05, 3.63) is 17.5 Å². The Kier molecular flexibility index (Phi) is 2.65. The molecule has 1 unspecified atom stereocenters. The highest BCUT2D eigenvalue weighted by Gasteiger charge is 2.41. The fraction of sp³-hybridized carbons (Fsp3) is 0.545. The molecule has 2 heterocycles. The normalized spacial score (nSPS) is 24.0. The molecule has 1 fully saturated rings. The number of aromatic nitrogens is 2. The number of aromatic amines is 1. The van der Waals surface area contributed by atoms with E-state index in [2.05, 4.69) is 10.2 Å². The van der Waals surface area contributed by atoms with E-state index in [4.69, 9.17) is 5.73 Å². The van der Waals surface area contributed by atoms with Gasteiger partial charge in [0.25, 0.3) is 5.91 Å². The molecule has 0 aliphatic carbocycles. The number of carbonyl (C=O) groups excluding carboxylic acids is 2. The van der Waals surface area contributed by atoms with Gasteiger partial charge in [-0.1, -0.05) is 0 Å². The van der Waals surface area contributed by atoms with E-state index < -0.39 is 5.41 Å². The van der Waals surface area contributed by atoms with Crippen molar-refractivity contribution in [2.75, 3.05) is 13.1 Å². The fourth-order valence-corrected chi connectivity index (χ4v) is 2.07. The van der Waals surface area contributed by atoms with Crippen LogP contribution < -0.4 is 5.73 Å². The van der Waals surface area contributed by atoms with Crippen LogP contribution in [0.25, 0.3) is 0 Å². The average molecular weight is 236 g/mol. The molecule has 0 aromatic carbocycles. The van der Waals surface area contributed by atoms with Crippen LogP contribution in [0.5, 0.6) is 0 Å². The molecule has 2 rings (SSSR count). The van der Waals surface area contributed by atoms with Crippen molar-refractivity contribution in [2.45, 2.75) is 20.3 Å². The molecule has 17 heavy (non-hydrogen) atoms. The summed E-state index contributed by atoms with van der Waals surface area (Å²) < 4.78 is 0. The third kappa shape index (κ3) is 1.90. The second kappa shape index (κ2) is 3.87. The first kappa shape index (κ1) is 11.6. The zero-order chi connectivity index (χ0) is 12.6. The van der Waals surface area contributed by atoms with Crippen LogP contribution in [-0.4, -0.2) is 40.0 Å². The summed E-state index contributed by atoms with van der Waals surface area (Å²) in [6.07, 6.45) is 2.13. The standard InChI is InChI=1S/C11H16N4O2/c1-7-8(5-13-14-7)9(16)15-4-3-11(2,6-15)10(12)17/h5H,3-4,6H2,1-2H3,(H2,12,17)(H,13,14). The lowest BCUT2D eigenvalue weighted by Gasteiger charge is -2.20. The van der Waals surface area contributed by atoms with E-state index in [-0.39, 0.29) is 11.8 Å². The van der Waals surface area contributed by atoms with Crippen molar-refractivity contribution in [1.29, 1.82) is 0 Å². The maximum Gasteiger partial charge on any atom is 0.257 e. The Hall–Kier alpha value is -1.85. The van der Waals surface area contributed by atoms with Crippen molar-refractivity contribution < 1.29 is 9.59 Å². The van der Waals surface area contributed by atoms with Crippen LogP contribution in [0.3, 0.4) is 0 Å². The molecule has 1 aliphatic heterocycles.